The van der Waals surface area contributed by atoms with Crippen molar-refractivity contribution in [2.24, 2.45) is 0 Å². The zero-order valence-corrected chi connectivity index (χ0v) is 11.8. The Kier molecular flexibility index (Phi) is 5.91. The summed E-state index contributed by atoms with van der Waals surface area (Å²) in [6.07, 6.45) is 0. The number of ether oxygens (including phenoxy) is 1. The SMILES string of the molecule is COCCNC(=O)CNS(=O)(=O)c1ccc(C#N)s1. The number of sulfonamides is 1. The van der Waals surface area contributed by atoms with E-state index < -0.39 is 15.9 Å². The lowest BCUT2D eigenvalue weighted by Gasteiger charge is -2.06. The van der Waals surface area contributed by atoms with Crippen molar-refractivity contribution < 1.29 is 17.9 Å². The average Bonchev–Trinajstić information content (AvgIpc) is 2.86. The van der Waals surface area contributed by atoms with Crippen molar-refractivity contribution in [3.8, 4) is 6.07 Å². The standard InChI is InChI=1S/C10H13N3O4S2/c1-17-5-4-12-9(14)7-13-19(15,16)10-3-2-8(6-11)18-10/h2-3,13H,4-5,7H2,1H3,(H,12,14). The first kappa shape index (κ1) is 15.6. The fourth-order valence-electron chi connectivity index (χ4n) is 1.11. The third-order valence-electron chi connectivity index (χ3n) is 2.01. The summed E-state index contributed by atoms with van der Waals surface area (Å²) in [5.41, 5.74) is 0. The smallest absolute Gasteiger partial charge is 0.250 e. The second-order valence-corrected chi connectivity index (χ2v) is 6.48. The predicted molar refractivity (Wildman–Crippen MR) is 69.1 cm³/mol. The molecular formula is C10H13N3O4S2. The van der Waals surface area contributed by atoms with Crippen molar-refractivity contribution >= 4 is 27.3 Å². The molecule has 0 aliphatic carbocycles. The summed E-state index contributed by atoms with van der Waals surface area (Å²) in [5, 5.41) is 11.1. The van der Waals surface area contributed by atoms with E-state index in [0.717, 1.165) is 11.3 Å². The highest BCUT2D eigenvalue weighted by Gasteiger charge is 2.17. The molecule has 0 aliphatic heterocycles. The molecule has 19 heavy (non-hydrogen) atoms. The van der Waals surface area contributed by atoms with Gasteiger partial charge in [0.15, 0.2) is 0 Å². The molecule has 104 valence electrons. The summed E-state index contributed by atoms with van der Waals surface area (Å²) in [6.45, 7) is 0.315. The first-order valence-electron chi connectivity index (χ1n) is 5.25. The number of amides is 1. The quantitative estimate of drug-likeness (QED) is 0.670. The van der Waals surface area contributed by atoms with Crippen molar-refractivity contribution in [3.63, 3.8) is 0 Å². The summed E-state index contributed by atoms with van der Waals surface area (Å²) >= 11 is 0.850. The number of carbonyl (C=O) groups excluding carboxylic acids is 1. The molecule has 2 N–H and O–H groups in total. The minimum atomic E-state index is -3.75. The number of hydrogen-bond donors (Lipinski definition) is 2. The summed E-state index contributed by atoms with van der Waals surface area (Å²) < 4.78 is 30.5. The van der Waals surface area contributed by atoms with E-state index in [0.29, 0.717) is 18.0 Å². The van der Waals surface area contributed by atoms with Gasteiger partial charge in [-0.1, -0.05) is 0 Å². The van der Waals surface area contributed by atoms with Crippen LogP contribution in [0.4, 0.5) is 0 Å². The minimum Gasteiger partial charge on any atom is -0.383 e. The van der Waals surface area contributed by atoms with Crippen LogP contribution in [0, 0.1) is 11.3 Å². The van der Waals surface area contributed by atoms with Crippen molar-refractivity contribution in [1.29, 1.82) is 5.26 Å². The number of rotatable bonds is 7. The summed E-state index contributed by atoms with van der Waals surface area (Å²) in [5.74, 6) is -0.447. The fraction of sp³-hybridized carbons (Fsp3) is 0.400. The van der Waals surface area contributed by atoms with Crippen LogP contribution in [0.3, 0.4) is 0 Å². The molecule has 0 atom stereocenters. The molecule has 0 saturated carbocycles. The van der Waals surface area contributed by atoms with Crippen LogP contribution in [0.1, 0.15) is 4.88 Å². The Morgan fingerprint density at radius 1 is 1.53 bits per heavy atom. The molecule has 7 nitrogen and oxygen atoms in total. The second kappa shape index (κ2) is 7.20. The van der Waals surface area contributed by atoms with E-state index >= 15 is 0 Å². The maximum absolute atomic E-state index is 11.8. The monoisotopic (exact) mass is 303 g/mol. The maximum Gasteiger partial charge on any atom is 0.250 e. The van der Waals surface area contributed by atoms with Crippen molar-refractivity contribution in [3.05, 3.63) is 17.0 Å². The van der Waals surface area contributed by atoms with Gasteiger partial charge in [0.1, 0.15) is 15.2 Å². The van der Waals surface area contributed by atoms with Crippen LogP contribution in [-0.2, 0) is 19.6 Å². The van der Waals surface area contributed by atoms with Gasteiger partial charge in [0.05, 0.1) is 13.2 Å². The van der Waals surface area contributed by atoms with Gasteiger partial charge in [-0.05, 0) is 12.1 Å². The first-order valence-corrected chi connectivity index (χ1v) is 7.55. The lowest BCUT2D eigenvalue weighted by molar-refractivity contribution is -0.120. The van der Waals surface area contributed by atoms with Crippen molar-refractivity contribution in [2.45, 2.75) is 4.21 Å². The van der Waals surface area contributed by atoms with E-state index in [4.69, 9.17) is 10.00 Å². The van der Waals surface area contributed by atoms with Crippen LogP contribution in [-0.4, -0.2) is 41.1 Å². The van der Waals surface area contributed by atoms with Gasteiger partial charge in [0, 0.05) is 13.7 Å². The Hall–Kier alpha value is -1.47. The molecule has 0 saturated heterocycles. The van der Waals surface area contributed by atoms with E-state index in [-0.39, 0.29) is 10.8 Å². The molecule has 0 aliphatic rings. The molecule has 9 heteroatoms. The molecule has 0 radical (unpaired) electrons. The van der Waals surface area contributed by atoms with E-state index in [1.54, 1.807) is 0 Å². The molecule has 0 bridgehead atoms. The van der Waals surface area contributed by atoms with Gasteiger partial charge in [0.25, 0.3) is 10.0 Å². The first-order chi connectivity index (χ1) is 8.99. The van der Waals surface area contributed by atoms with Crippen LogP contribution in [0.5, 0.6) is 0 Å². The Bertz CT molecular complexity index is 574. The number of nitriles is 1. The van der Waals surface area contributed by atoms with Gasteiger partial charge in [-0.15, -0.1) is 11.3 Å². The van der Waals surface area contributed by atoms with Gasteiger partial charge in [-0.25, -0.2) is 13.1 Å². The zero-order chi connectivity index (χ0) is 14.3. The fourth-order valence-corrected chi connectivity index (χ4v) is 3.24. The third-order valence-corrected chi connectivity index (χ3v) is 4.89. The molecule has 0 unspecified atom stereocenters. The van der Waals surface area contributed by atoms with Crippen LogP contribution in [0.2, 0.25) is 0 Å². The highest BCUT2D eigenvalue weighted by Crippen LogP contribution is 2.20. The molecule has 0 spiro atoms. The third kappa shape index (κ3) is 4.96. The predicted octanol–water partition coefficient (Wildman–Crippen LogP) is -0.339. The van der Waals surface area contributed by atoms with Gasteiger partial charge < -0.3 is 10.1 Å². The number of carbonyl (C=O) groups is 1. The maximum atomic E-state index is 11.8. The number of nitrogens with zero attached hydrogens (tertiary/aromatic N) is 1. The van der Waals surface area contributed by atoms with E-state index in [2.05, 4.69) is 10.0 Å². The molecule has 0 aromatic carbocycles. The van der Waals surface area contributed by atoms with Crippen molar-refractivity contribution in [1.82, 2.24) is 10.0 Å². The van der Waals surface area contributed by atoms with E-state index in [1.807, 2.05) is 6.07 Å². The van der Waals surface area contributed by atoms with Gasteiger partial charge >= 0.3 is 0 Å². The minimum absolute atomic E-state index is 0.00809. The Labute approximate surface area is 115 Å². The van der Waals surface area contributed by atoms with E-state index in [1.165, 1.54) is 19.2 Å². The summed E-state index contributed by atoms with van der Waals surface area (Å²) in [7, 11) is -2.25. The number of methoxy groups -OCH3 is 1. The van der Waals surface area contributed by atoms with Crippen LogP contribution in [0.25, 0.3) is 0 Å². The highest BCUT2D eigenvalue weighted by atomic mass is 32.2. The molecule has 1 aromatic rings. The Morgan fingerprint density at radius 2 is 2.26 bits per heavy atom. The average molecular weight is 303 g/mol. The lowest BCUT2D eigenvalue weighted by Crippen LogP contribution is -2.37. The van der Waals surface area contributed by atoms with E-state index in [9.17, 15) is 13.2 Å². The molecule has 1 amide bonds. The largest absolute Gasteiger partial charge is 0.383 e. The lowest BCUT2D eigenvalue weighted by atomic mass is 10.5. The van der Waals surface area contributed by atoms with Gasteiger partial charge in [0.2, 0.25) is 5.91 Å². The molecule has 1 heterocycles. The highest BCUT2D eigenvalue weighted by molar-refractivity contribution is 7.91. The van der Waals surface area contributed by atoms with Gasteiger partial charge in [-0.3, -0.25) is 4.79 Å². The second-order valence-electron chi connectivity index (χ2n) is 3.40. The summed E-state index contributed by atoms with van der Waals surface area (Å²) in [6, 6.07) is 4.59. The topological polar surface area (TPSA) is 108 Å². The van der Waals surface area contributed by atoms with Crippen LogP contribution < -0.4 is 10.0 Å². The molecule has 0 fully saturated rings. The zero-order valence-electron chi connectivity index (χ0n) is 10.2. The Morgan fingerprint density at radius 3 is 2.84 bits per heavy atom. The van der Waals surface area contributed by atoms with Crippen LogP contribution in [0.15, 0.2) is 16.3 Å². The van der Waals surface area contributed by atoms with Gasteiger partial charge in [-0.2, -0.15) is 5.26 Å². The molecule has 1 aromatic heterocycles. The number of thiophene rings is 1. The molecule has 1 rings (SSSR count). The number of nitrogens with one attached hydrogen (secondary N) is 2. The molecular weight excluding hydrogens is 290 g/mol. The number of hydrogen-bond acceptors (Lipinski definition) is 6. The normalized spacial score (nSPS) is 10.9. The Balaban J connectivity index is 2.52. The van der Waals surface area contributed by atoms with Crippen LogP contribution >= 0.6 is 11.3 Å². The van der Waals surface area contributed by atoms with Crippen molar-refractivity contribution in [2.75, 3.05) is 26.8 Å². The summed E-state index contributed by atoms with van der Waals surface area (Å²) in [4.78, 5) is 11.6.